The normalized spacial score (nSPS) is 12.6. The Hall–Kier alpha value is -3.04. The summed E-state index contributed by atoms with van der Waals surface area (Å²) in [6.07, 6.45) is 0. The second-order valence-corrected chi connectivity index (χ2v) is 8.45. The van der Waals surface area contributed by atoms with Gasteiger partial charge in [0.05, 0.1) is 10.9 Å². The van der Waals surface area contributed by atoms with Gasteiger partial charge >= 0.3 is 0 Å². The highest BCUT2D eigenvalue weighted by molar-refractivity contribution is 7.89. The summed E-state index contributed by atoms with van der Waals surface area (Å²) in [6, 6.07) is 11.1. The Balaban J connectivity index is 1.81. The molecule has 0 saturated carbocycles. The van der Waals surface area contributed by atoms with E-state index in [1.807, 2.05) is 19.1 Å². The molecule has 1 atom stereocenters. The summed E-state index contributed by atoms with van der Waals surface area (Å²) >= 11 is 0. The molecule has 8 nitrogen and oxygen atoms in total. The minimum atomic E-state index is -3.96. The lowest BCUT2D eigenvalue weighted by atomic mass is 10.1. The van der Waals surface area contributed by atoms with Crippen LogP contribution >= 0.6 is 0 Å². The third-order valence-electron chi connectivity index (χ3n) is 4.39. The SMILES string of the molecule is Cc1nc(-c2ccc(C)c(S(=O)(=O)N[C@@H](C)C(=O)Nc3ccccc3C)c2)no1. The van der Waals surface area contributed by atoms with Crippen LogP contribution < -0.4 is 10.0 Å². The smallest absolute Gasteiger partial charge is 0.242 e. The molecular formula is C20H22N4O4S. The predicted molar refractivity (Wildman–Crippen MR) is 109 cm³/mol. The number of carbonyl (C=O) groups is 1. The number of hydrogen-bond acceptors (Lipinski definition) is 6. The van der Waals surface area contributed by atoms with Crippen LogP contribution in [0.5, 0.6) is 0 Å². The molecule has 0 unspecified atom stereocenters. The molecule has 0 aliphatic rings. The van der Waals surface area contributed by atoms with Gasteiger partial charge in [0.15, 0.2) is 0 Å². The van der Waals surface area contributed by atoms with Gasteiger partial charge in [0.25, 0.3) is 0 Å². The van der Waals surface area contributed by atoms with E-state index in [2.05, 4.69) is 20.2 Å². The summed E-state index contributed by atoms with van der Waals surface area (Å²) in [4.78, 5) is 16.6. The number of rotatable bonds is 6. The lowest BCUT2D eigenvalue weighted by Gasteiger charge is -2.16. The Labute approximate surface area is 169 Å². The summed E-state index contributed by atoms with van der Waals surface area (Å²) in [6.45, 7) is 6.68. The molecule has 9 heteroatoms. The fraction of sp³-hybridized carbons (Fsp3) is 0.250. The Morgan fingerprint density at radius 3 is 2.45 bits per heavy atom. The van der Waals surface area contributed by atoms with E-state index in [1.165, 1.54) is 13.0 Å². The first-order chi connectivity index (χ1) is 13.7. The van der Waals surface area contributed by atoms with E-state index < -0.39 is 22.0 Å². The van der Waals surface area contributed by atoms with E-state index in [0.29, 0.717) is 28.5 Å². The van der Waals surface area contributed by atoms with E-state index in [9.17, 15) is 13.2 Å². The molecule has 0 radical (unpaired) electrons. The highest BCUT2D eigenvalue weighted by atomic mass is 32.2. The molecule has 3 aromatic rings. The molecule has 1 amide bonds. The molecule has 0 saturated heterocycles. The van der Waals surface area contributed by atoms with E-state index in [1.54, 1.807) is 38.1 Å². The fourth-order valence-corrected chi connectivity index (χ4v) is 4.22. The fourth-order valence-electron chi connectivity index (χ4n) is 2.75. The van der Waals surface area contributed by atoms with Crippen molar-refractivity contribution in [1.29, 1.82) is 0 Å². The van der Waals surface area contributed by atoms with Gasteiger partial charge in [-0.1, -0.05) is 35.5 Å². The van der Waals surface area contributed by atoms with Crippen molar-refractivity contribution >= 4 is 21.6 Å². The number of benzene rings is 2. The number of carbonyl (C=O) groups excluding carboxylic acids is 1. The monoisotopic (exact) mass is 414 g/mol. The number of sulfonamides is 1. The average Bonchev–Trinajstić information content (AvgIpc) is 3.09. The highest BCUT2D eigenvalue weighted by Gasteiger charge is 2.24. The van der Waals surface area contributed by atoms with Crippen LogP contribution in [0, 0.1) is 20.8 Å². The summed E-state index contributed by atoms with van der Waals surface area (Å²) in [5.41, 5.74) is 2.56. The zero-order chi connectivity index (χ0) is 21.2. The minimum absolute atomic E-state index is 0.0491. The van der Waals surface area contributed by atoms with Gasteiger partial charge in [0.2, 0.25) is 27.6 Å². The summed E-state index contributed by atoms with van der Waals surface area (Å²) in [7, 11) is -3.96. The van der Waals surface area contributed by atoms with E-state index >= 15 is 0 Å². The molecule has 152 valence electrons. The standard InChI is InChI=1S/C20H22N4O4S/c1-12-7-5-6-8-17(12)22-20(25)14(3)24-29(26,27)18-11-16(10-9-13(18)2)19-21-15(4)28-23-19/h5-11,14,24H,1-4H3,(H,22,25)/t14-/m0/s1. The van der Waals surface area contributed by atoms with Gasteiger partial charge in [0.1, 0.15) is 0 Å². The van der Waals surface area contributed by atoms with E-state index in [-0.39, 0.29) is 4.90 Å². The number of aryl methyl sites for hydroxylation is 3. The minimum Gasteiger partial charge on any atom is -0.339 e. The van der Waals surface area contributed by atoms with E-state index in [0.717, 1.165) is 5.56 Å². The highest BCUT2D eigenvalue weighted by Crippen LogP contribution is 2.23. The van der Waals surface area contributed by atoms with E-state index in [4.69, 9.17) is 4.52 Å². The molecule has 29 heavy (non-hydrogen) atoms. The maximum atomic E-state index is 12.9. The number of amides is 1. The Morgan fingerprint density at radius 2 is 1.79 bits per heavy atom. The number of para-hydroxylation sites is 1. The lowest BCUT2D eigenvalue weighted by molar-refractivity contribution is -0.117. The number of aromatic nitrogens is 2. The quantitative estimate of drug-likeness (QED) is 0.641. The van der Waals surface area contributed by atoms with Crippen LogP contribution in [0.2, 0.25) is 0 Å². The zero-order valence-electron chi connectivity index (χ0n) is 16.6. The lowest BCUT2D eigenvalue weighted by Crippen LogP contribution is -2.41. The van der Waals surface area contributed by atoms with Crippen molar-refractivity contribution < 1.29 is 17.7 Å². The molecule has 2 N–H and O–H groups in total. The van der Waals surface area contributed by atoms with Gasteiger partial charge < -0.3 is 9.84 Å². The van der Waals surface area contributed by atoms with Crippen LogP contribution in [-0.4, -0.2) is 30.5 Å². The molecule has 0 spiro atoms. The maximum Gasteiger partial charge on any atom is 0.242 e. The third kappa shape index (κ3) is 4.69. The van der Waals surface area contributed by atoms with Gasteiger partial charge in [-0.15, -0.1) is 0 Å². The number of hydrogen-bond donors (Lipinski definition) is 2. The van der Waals surface area contributed by atoms with Gasteiger partial charge in [-0.05, 0) is 44.0 Å². The summed E-state index contributed by atoms with van der Waals surface area (Å²) < 4.78 is 33.2. The largest absolute Gasteiger partial charge is 0.339 e. The molecule has 3 rings (SSSR count). The first-order valence-corrected chi connectivity index (χ1v) is 10.5. The third-order valence-corrected chi connectivity index (χ3v) is 6.07. The molecule has 0 fully saturated rings. The van der Waals surface area contributed by atoms with Crippen LogP contribution in [0.25, 0.3) is 11.4 Å². The second kappa shape index (κ2) is 8.14. The van der Waals surface area contributed by atoms with Crippen LogP contribution in [0.3, 0.4) is 0 Å². The maximum absolute atomic E-state index is 12.9. The van der Waals surface area contributed by atoms with Crippen LogP contribution in [0.15, 0.2) is 51.9 Å². The zero-order valence-corrected chi connectivity index (χ0v) is 17.4. The molecule has 0 aliphatic heterocycles. The molecule has 0 bridgehead atoms. The van der Waals surface area contributed by atoms with Gasteiger partial charge in [-0.3, -0.25) is 4.79 Å². The first kappa shape index (κ1) is 20.7. The van der Waals surface area contributed by atoms with Crippen molar-refractivity contribution in [2.75, 3.05) is 5.32 Å². The Morgan fingerprint density at radius 1 is 1.07 bits per heavy atom. The molecule has 1 aromatic heterocycles. The number of nitrogens with one attached hydrogen (secondary N) is 2. The Kier molecular flexibility index (Phi) is 5.81. The molecule has 1 heterocycles. The topological polar surface area (TPSA) is 114 Å². The van der Waals surface area contributed by atoms with Gasteiger partial charge in [-0.2, -0.15) is 9.71 Å². The van der Waals surface area contributed by atoms with Crippen molar-refractivity contribution in [3.8, 4) is 11.4 Å². The van der Waals surface area contributed by atoms with Crippen LogP contribution in [0.1, 0.15) is 23.9 Å². The van der Waals surface area contributed by atoms with Crippen LogP contribution in [0.4, 0.5) is 5.69 Å². The predicted octanol–water partition coefficient (Wildman–Crippen LogP) is 2.97. The van der Waals surface area contributed by atoms with Crippen molar-refractivity contribution in [1.82, 2.24) is 14.9 Å². The van der Waals surface area contributed by atoms with Gasteiger partial charge in [-0.25, -0.2) is 8.42 Å². The van der Waals surface area contributed by atoms with Gasteiger partial charge in [0, 0.05) is 18.2 Å². The van der Waals surface area contributed by atoms with Crippen molar-refractivity contribution in [3.63, 3.8) is 0 Å². The second-order valence-electron chi connectivity index (χ2n) is 6.76. The van der Waals surface area contributed by atoms with Crippen molar-refractivity contribution in [2.24, 2.45) is 0 Å². The summed E-state index contributed by atoms with van der Waals surface area (Å²) in [5.74, 6) is 0.222. The average molecular weight is 414 g/mol. The molecule has 0 aliphatic carbocycles. The van der Waals surface area contributed by atoms with Crippen molar-refractivity contribution in [2.45, 2.75) is 38.6 Å². The number of nitrogens with zero attached hydrogens (tertiary/aromatic N) is 2. The van der Waals surface area contributed by atoms with Crippen LogP contribution in [-0.2, 0) is 14.8 Å². The molecule has 2 aromatic carbocycles. The number of anilines is 1. The molecular weight excluding hydrogens is 392 g/mol. The Bertz CT molecular complexity index is 1150. The first-order valence-electron chi connectivity index (χ1n) is 8.97. The summed E-state index contributed by atoms with van der Waals surface area (Å²) in [5, 5.41) is 6.56. The van der Waals surface area contributed by atoms with Crippen molar-refractivity contribution in [3.05, 3.63) is 59.5 Å².